The number of amides is 2. The Balaban J connectivity index is 1.53. The molecule has 2 amide bonds. The van der Waals surface area contributed by atoms with Gasteiger partial charge in [0.15, 0.2) is 0 Å². The average Bonchev–Trinajstić information content (AvgIpc) is 3.10. The summed E-state index contributed by atoms with van der Waals surface area (Å²) in [6.45, 7) is 12.6. The van der Waals surface area contributed by atoms with E-state index in [1.165, 1.54) is 0 Å². The summed E-state index contributed by atoms with van der Waals surface area (Å²) >= 11 is 0. The maximum atomic E-state index is 13.6. The Kier molecular flexibility index (Phi) is 6.53. The molecule has 4 aliphatic rings. The molecule has 1 aliphatic heterocycles. The average molecular weight is 470 g/mol. The van der Waals surface area contributed by atoms with Gasteiger partial charge < -0.3 is 25.0 Å². The molecule has 7 nitrogen and oxygen atoms in total. The molecule has 0 radical (unpaired) electrons. The lowest BCUT2D eigenvalue weighted by molar-refractivity contribution is -0.199. The number of nitrogens with one attached hydrogen (secondary N) is 2. The van der Waals surface area contributed by atoms with Crippen LogP contribution in [0.15, 0.2) is 30.3 Å². The molecule has 8 heteroatoms. The highest BCUT2D eigenvalue weighted by Gasteiger charge is 2.68. The van der Waals surface area contributed by atoms with Crippen LogP contribution < -0.4 is 10.6 Å². The fourth-order valence-electron chi connectivity index (χ4n) is 6.57. The van der Waals surface area contributed by atoms with Crippen molar-refractivity contribution >= 4 is 19.1 Å². The zero-order valence-electron chi connectivity index (χ0n) is 21.3. The van der Waals surface area contributed by atoms with Crippen molar-refractivity contribution in [1.82, 2.24) is 10.6 Å². The summed E-state index contributed by atoms with van der Waals surface area (Å²) < 4.78 is 13.1. The van der Waals surface area contributed by atoms with Gasteiger partial charge in [-0.1, -0.05) is 58.0 Å². The number of benzene rings is 1. The minimum Gasteiger partial charge on any atom is -0.465 e. The fourth-order valence-corrected chi connectivity index (χ4v) is 6.57. The highest BCUT2D eigenvalue weighted by molar-refractivity contribution is 6.48. The molecule has 0 unspecified atom stereocenters. The molecule has 34 heavy (non-hydrogen) atoms. The molecule has 1 aromatic rings. The lowest BCUT2D eigenvalue weighted by Crippen LogP contribution is -2.65. The molecule has 3 saturated carbocycles. The summed E-state index contributed by atoms with van der Waals surface area (Å²) in [5, 5.41) is 15.1. The van der Waals surface area contributed by atoms with E-state index in [0.29, 0.717) is 24.2 Å². The lowest BCUT2D eigenvalue weighted by atomic mass is 9.43. The van der Waals surface area contributed by atoms with Crippen molar-refractivity contribution in [3.8, 4) is 0 Å². The van der Waals surface area contributed by atoms with Crippen LogP contribution in [0.3, 0.4) is 0 Å². The standard InChI is InChI=1S/C26H39BN2O5/c1-16(2)12-21(27-33-20-14-18-13-19(24(18,3)4)26(20,6)34-27)28-22(30)25(5,29-23(31)32)15-17-10-8-7-9-11-17/h7-11,16,18-21,29H,12-15H2,1-6H3,(H,28,30)(H,31,32)/t18-,19-,20+,21-,25-,26-/m0/s1. The molecule has 186 valence electrons. The second-order valence-corrected chi connectivity index (χ2v) is 12.0. The largest absolute Gasteiger partial charge is 0.481 e. The lowest BCUT2D eigenvalue weighted by Gasteiger charge is -2.64. The molecule has 1 saturated heterocycles. The van der Waals surface area contributed by atoms with Gasteiger partial charge >= 0.3 is 13.2 Å². The summed E-state index contributed by atoms with van der Waals surface area (Å²) in [5.41, 5.74) is -0.584. The first-order valence-electron chi connectivity index (χ1n) is 12.5. The topological polar surface area (TPSA) is 96.9 Å². The molecule has 2 bridgehead atoms. The highest BCUT2D eigenvalue weighted by Crippen LogP contribution is 2.65. The second-order valence-electron chi connectivity index (χ2n) is 12.0. The first-order valence-corrected chi connectivity index (χ1v) is 12.5. The van der Waals surface area contributed by atoms with E-state index in [-0.39, 0.29) is 35.4 Å². The van der Waals surface area contributed by atoms with Crippen molar-refractivity contribution < 1.29 is 24.0 Å². The van der Waals surface area contributed by atoms with Crippen LogP contribution in [0.5, 0.6) is 0 Å². The molecule has 0 spiro atoms. The molecule has 0 aromatic heterocycles. The molecule has 3 aliphatic carbocycles. The fraction of sp³-hybridized carbons (Fsp3) is 0.692. The normalized spacial score (nSPS) is 31.7. The third kappa shape index (κ3) is 4.47. The summed E-state index contributed by atoms with van der Waals surface area (Å²) in [6.07, 6.45) is 1.84. The monoisotopic (exact) mass is 470 g/mol. The van der Waals surface area contributed by atoms with Gasteiger partial charge in [0, 0.05) is 6.42 Å². The van der Waals surface area contributed by atoms with Crippen LogP contribution in [0.25, 0.3) is 0 Å². The van der Waals surface area contributed by atoms with Crippen LogP contribution in [0, 0.1) is 23.2 Å². The number of carboxylic acid groups (broad SMARTS) is 1. The van der Waals surface area contributed by atoms with E-state index in [9.17, 15) is 14.7 Å². The predicted octanol–water partition coefficient (Wildman–Crippen LogP) is 4.05. The number of rotatable bonds is 8. The summed E-state index contributed by atoms with van der Waals surface area (Å²) in [4.78, 5) is 25.2. The summed E-state index contributed by atoms with van der Waals surface area (Å²) in [6, 6.07) is 9.44. The van der Waals surface area contributed by atoms with E-state index < -0.39 is 18.8 Å². The van der Waals surface area contributed by atoms with Crippen LogP contribution >= 0.6 is 0 Å². The minimum absolute atomic E-state index is 0.0219. The van der Waals surface area contributed by atoms with Crippen molar-refractivity contribution in [2.75, 3.05) is 0 Å². The SMILES string of the molecule is CC(C)C[C@H](NC(=O)[C@](C)(Cc1ccccc1)NC(=O)O)B1O[C@@H]2C[C@@H]3C[C@@H](C3(C)C)[C@]2(C)O1. The second kappa shape index (κ2) is 8.87. The van der Waals surface area contributed by atoms with Crippen molar-refractivity contribution in [3.05, 3.63) is 35.9 Å². The zero-order valence-corrected chi connectivity index (χ0v) is 21.3. The van der Waals surface area contributed by atoms with Gasteiger partial charge in [0.25, 0.3) is 0 Å². The molecule has 6 atom stereocenters. The van der Waals surface area contributed by atoms with E-state index in [1.807, 2.05) is 30.3 Å². The Hall–Kier alpha value is -2.06. The van der Waals surface area contributed by atoms with Crippen molar-refractivity contribution in [3.63, 3.8) is 0 Å². The minimum atomic E-state index is -1.33. The van der Waals surface area contributed by atoms with Crippen molar-refractivity contribution in [1.29, 1.82) is 0 Å². The molecule has 1 aromatic carbocycles. The molecular weight excluding hydrogens is 431 g/mol. The summed E-state index contributed by atoms with van der Waals surface area (Å²) in [5.74, 6) is 0.624. The van der Waals surface area contributed by atoms with E-state index in [4.69, 9.17) is 9.31 Å². The Bertz CT molecular complexity index is 925. The van der Waals surface area contributed by atoms with Crippen LogP contribution in [-0.2, 0) is 20.5 Å². The quantitative estimate of drug-likeness (QED) is 0.498. The first-order chi connectivity index (χ1) is 15.8. The van der Waals surface area contributed by atoms with Gasteiger partial charge in [0.2, 0.25) is 5.91 Å². The predicted molar refractivity (Wildman–Crippen MR) is 131 cm³/mol. The third-order valence-electron chi connectivity index (χ3n) is 8.62. The van der Waals surface area contributed by atoms with E-state index in [0.717, 1.165) is 18.4 Å². The number of hydrogen-bond donors (Lipinski definition) is 3. The Morgan fingerprint density at radius 3 is 2.47 bits per heavy atom. The molecule has 4 fully saturated rings. The highest BCUT2D eigenvalue weighted by atomic mass is 16.7. The van der Waals surface area contributed by atoms with Gasteiger partial charge in [-0.2, -0.15) is 0 Å². The zero-order chi connectivity index (χ0) is 24.9. The van der Waals surface area contributed by atoms with E-state index in [2.05, 4.69) is 45.3 Å². The maximum Gasteiger partial charge on any atom is 0.481 e. The van der Waals surface area contributed by atoms with E-state index in [1.54, 1.807) is 6.92 Å². The van der Waals surface area contributed by atoms with Crippen molar-refractivity contribution in [2.45, 2.75) is 90.4 Å². The van der Waals surface area contributed by atoms with Gasteiger partial charge in [0.05, 0.1) is 17.6 Å². The van der Waals surface area contributed by atoms with Crippen LogP contribution in [0.4, 0.5) is 4.79 Å². The molecule has 3 N–H and O–H groups in total. The van der Waals surface area contributed by atoms with Crippen LogP contribution in [-0.4, -0.2) is 47.4 Å². The Morgan fingerprint density at radius 2 is 1.88 bits per heavy atom. The number of carbonyl (C=O) groups is 2. The number of carbonyl (C=O) groups excluding carboxylic acids is 1. The summed E-state index contributed by atoms with van der Waals surface area (Å²) in [7, 11) is -0.553. The first kappa shape index (κ1) is 25.1. The Labute approximate surface area is 203 Å². The van der Waals surface area contributed by atoms with Gasteiger partial charge in [-0.25, -0.2) is 4.79 Å². The Morgan fingerprint density at radius 1 is 1.21 bits per heavy atom. The molecule has 1 heterocycles. The van der Waals surface area contributed by atoms with E-state index >= 15 is 0 Å². The van der Waals surface area contributed by atoms with Gasteiger partial charge in [-0.15, -0.1) is 0 Å². The maximum absolute atomic E-state index is 13.6. The van der Waals surface area contributed by atoms with Crippen LogP contribution in [0.1, 0.15) is 66.4 Å². The van der Waals surface area contributed by atoms with Gasteiger partial charge in [-0.3, -0.25) is 4.79 Å². The molecule has 5 rings (SSSR count). The third-order valence-corrected chi connectivity index (χ3v) is 8.62. The van der Waals surface area contributed by atoms with Crippen molar-refractivity contribution in [2.24, 2.45) is 23.2 Å². The van der Waals surface area contributed by atoms with Gasteiger partial charge in [-0.05, 0) is 61.8 Å². The molecular formula is C26H39BN2O5. The smallest absolute Gasteiger partial charge is 0.465 e. The van der Waals surface area contributed by atoms with Crippen LogP contribution in [0.2, 0.25) is 0 Å². The van der Waals surface area contributed by atoms with Gasteiger partial charge in [0.1, 0.15) is 5.54 Å². The number of hydrogen-bond acceptors (Lipinski definition) is 4.